The highest BCUT2D eigenvalue weighted by atomic mass is 16.5. The second kappa shape index (κ2) is 8.70. The monoisotopic (exact) mass is 344 g/mol. The maximum Gasteiger partial charge on any atom is 0.251 e. The van der Waals surface area contributed by atoms with Crippen molar-refractivity contribution in [3.63, 3.8) is 0 Å². The van der Waals surface area contributed by atoms with Crippen LogP contribution in [0.2, 0.25) is 0 Å². The molecule has 1 atom stereocenters. The number of nitrogens with two attached hydrogens (primary N) is 1. The van der Waals surface area contributed by atoms with Gasteiger partial charge >= 0.3 is 0 Å². The van der Waals surface area contributed by atoms with Crippen LogP contribution in [0.3, 0.4) is 0 Å². The highest BCUT2D eigenvalue weighted by Crippen LogP contribution is 2.18. The summed E-state index contributed by atoms with van der Waals surface area (Å²) in [6.07, 6.45) is 0. The lowest BCUT2D eigenvalue weighted by atomic mass is 10.1. The van der Waals surface area contributed by atoms with E-state index in [4.69, 9.17) is 20.3 Å². The quantitative estimate of drug-likeness (QED) is 0.657. The normalized spacial score (nSPS) is 11.4. The molecule has 0 saturated carbocycles. The van der Waals surface area contributed by atoms with Crippen molar-refractivity contribution in [2.75, 3.05) is 13.7 Å². The molecule has 0 aromatic heterocycles. The molecule has 0 saturated heterocycles. The molecule has 0 heterocycles. The van der Waals surface area contributed by atoms with Crippen molar-refractivity contribution in [3.05, 3.63) is 59.7 Å². The number of hydrogen-bond donors (Lipinski definition) is 3. The molecule has 0 aliphatic rings. The molecule has 4 N–H and O–H groups in total. The minimum atomic E-state index is -1.11. The fourth-order valence-electron chi connectivity index (χ4n) is 2.04. The molecular formula is C18H20N2O5. The maximum atomic E-state index is 12.0. The summed E-state index contributed by atoms with van der Waals surface area (Å²) in [4.78, 5) is 23.0. The first-order valence-corrected chi connectivity index (χ1v) is 7.60. The van der Waals surface area contributed by atoms with E-state index in [2.05, 4.69) is 5.32 Å². The Kier molecular flexibility index (Phi) is 6.36. The molecule has 132 valence electrons. The number of primary amides is 1. The number of benzene rings is 2. The number of ether oxygens (including phenoxy) is 2. The van der Waals surface area contributed by atoms with E-state index in [1.807, 2.05) is 0 Å². The molecule has 7 nitrogen and oxygen atoms in total. The summed E-state index contributed by atoms with van der Waals surface area (Å²) in [5, 5.41) is 11.4. The average Bonchev–Trinajstić information content (AvgIpc) is 2.64. The Morgan fingerprint density at radius 3 is 2.20 bits per heavy atom. The number of rotatable bonds is 8. The summed E-state index contributed by atoms with van der Waals surface area (Å²) >= 11 is 0. The number of methoxy groups -OCH3 is 1. The molecule has 2 amide bonds. The standard InChI is InChI=1S/C18H20N2O5/c1-24-14-6-8-15(9-7-14)25-11-12-2-4-13(5-3-12)18(23)20-16(10-21)17(19)22/h2-9,16,21H,10-11H2,1H3,(H2,19,22)(H,20,23). The van der Waals surface area contributed by atoms with Crippen LogP contribution in [0.4, 0.5) is 0 Å². The van der Waals surface area contributed by atoms with Crippen LogP contribution in [0.15, 0.2) is 48.5 Å². The molecule has 0 fully saturated rings. The van der Waals surface area contributed by atoms with E-state index in [0.717, 1.165) is 11.3 Å². The number of aliphatic hydroxyl groups is 1. The van der Waals surface area contributed by atoms with Crippen LogP contribution in [-0.2, 0) is 11.4 Å². The SMILES string of the molecule is COc1ccc(OCc2ccc(C(=O)NC(CO)C(N)=O)cc2)cc1. The molecule has 0 radical (unpaired) electrons. The van der Waals surface area contributed by atoms with Crippen molar-refractivity contribution >= 4 is 11.8 Å². The van der Waals surface area contributed by atoms with Crippen molar-refractivity contribution < 1.29 is 24.2 Å². The van der Waals surface area contributed by atoms with E-state index in [1.54, 1.807) is 55.6 Å². The van der Waals surface area contributed by atoms with Crippen molar-refractivity contribution in [1.29, 1.82) is 0 Å². The molecular weight excluding hydrogens is 324 g/mol. The molecule has 0 spiro atoms. The fourth-order valence-corrected chi connectivity index (χ4v) is 2.04. The molecule has 0 aliphatic heterocycles. The van der Waals surface area contributed by atoms with Gasteiger partial charge in [-0.25, -0.2) is 0 Å². The second-order valence-corrected chi connectivity index (χ2v) is 5.27. The van der Waals surface area contributed by atoms with E-state index in [-0.39, 0.29) is 0 Å². The van der Waals surface area contributed by atoms with Crippen molar-refractivity contribution in [2.45, 2.75) is 12.6 Å². The van der Waals surface area contributed by atoms with Gasteiger partial charge in [0.15, 0.2) is 0 Å². The number of carbonyl (C=O) groups is 2. The summed E-state index contributed by atoms with van der Waals surface area (Å²) < 4.78 is 10.7. The van der Waals surface area contributed by atoms with Gasteiger partial charge in [0.25, 0.3) is 5.91 Å². The number of amides is 2. The Morgan fingerprint density at radius 2 is 1.68 bits per heavy atom. The minimum absolute atomic E-state index is 0.342. The third kappa shape index (κ3) is 5.22. The van der Waals surface area contributed by atoms with Gasteiger partial charge in [-0.3, -0.25) is 9.59 Å². The van der Waals surface area contributed by atoms with Crippen molar-refractivity contribution in [3.8, 4) is 11.5 Å². The van der Waals surface area contributed by atoms with Gasteiger partial charge in [-0.2, -0.15) is 0 Å². The van der Waals surface area contributed by atoms with E-state index in [9.17, 15) is 9.59 Å². The number of carbonyl (C=O) groups excluding carboxylic acids is 2. The maximum absolute atomic E-state index is 12.0. The number of nitrogens with one attached hydrogen (secondary N) is 1. The predicted molar refractivity (Wildman–Crippen MR) is 91.3 cm³/mol. The molecule has 25 heavy (non-hydrogen) atoms. The lowest BCUT2D eigenvalue weighted by Crippen LogP contribution is -2.46. The zero-order valence-electron chi connectivity index (χ0n) is 13.8. The van der Waals surface area contributed by atoms with Crippen molar-refractivity contribution in [1.82, 2.24) is 5.32 Å². The van der Waals surface area contributed by atoms with Crippen LogP contribution in [0.1, 0.15) is 15.9 Å². The van der Waals surface area contributed by atoms with Gasteiger partial charge in [-0.05, 0) is 42.0 Å². The summed E-state index contributed by atoms with van der Waals surface area (Å²) in [6, 6.07) is 12.8. The second-order valence-electron chi connectivity index (χ2n) is 5.27. The first-order valence-electron chi connectivity index (χ1n) is 7.60. The Hall–Kier alpha value is -3.06. The Bertz CT molecular complexity index is 713. The van der Waals surface area contributed by atoms with Gasteiger partial charge in [0.1, 0.15) is 24.1 Å². The van der Waals surface area contributed by atoms with Gasteiger partial charge < -0.3 is 25.6 Å². The highest BCUT2D eigenvalue weighted by Gasteiger charge is 2.17. The smallest absolute Gasteiger partial charge is 0.251 e. The molecule has 0 aliphatic carbocycles. The van der Waals surface area contributed by atoms with E-state index >= 15 is 0 Å². The summed E-state index contributed by atoms with van der Waals surface area (Å²) in [7, 11) is 1.60. The third-order valence-electron chi connectivity index (χ3n) is 3.51. The van der Waals surface area contributed by atoms with E-state index in [0.29, 0.717) is 17.9 Å². The first-order chi connectivity index (χ1) is 12.0. The zero-order valence-corrected chi connectivity index (χ0v) is 13.8. The van der Waals surface area contributed by atoms with Crippen LogP contribution in [0.5, 0.6) is 11.5 Å². The fraction of sp³-hybridized carbons (Fsp3) is 0.222. The topological polar surface area (TPSA) is 111 Å². The van der Waals surface area contributed by atoms with Gasteiger partial charge in [0, 0.05) is 5.56 Å². The third-order valence-corrected chi connectivity index (χ3v) is 3.51. The number of aliphatic hydroxyl groups excluding tert-OH is 1. The van der Waals surface area contributed by atoms with Gasteiger partial charge in [0.05, 0.1) is 13.7 Å². The molecule has 2 aromatic rings. The lowest BCUT2D eigenvalue weighted by molar-refractivity contribution is -0.120. The molecule has 2 rings (SSSR count). The summed E-state index contributed by atoms with van der Waals surface area (Å²) in [5.41, 5.74) is 6.30. The molecule has 7 heteroatoms. The summed E-state index contributed by atoms with van der Waals surface area (Å²) in [5.74, 6) is 0.176. The Balaban J connectivity index is 1.92. The van der Waals surface area contributed by atoms with Gasteiger partial charge in [-0.1, -0.05) is 12.1 Å². The lowest BCUT2D eigenvalue weighted by Gasteiger charge is -2.13. The predicted octanol–water partition coefficient (Wildman–Crippen LogP) is 0.850. The minimum Gasteiger partial charge on any atom is -0.497 e. The largest absolute Gasteiger partial charge is 0.497 e. The first kappa shape index (κ1) is 18.3. The summed E-state index contributed by atoms with van der Waals surface area (Å²) in [6.45, 7) is -0.205. The molecule has 0 bridgehead atoms. The number of hydrogen-bond acceptors (Lipinski definition) is 5. The van der Waals surface area contributed by atoms with Crippen molar-refractivity contribution in [2.24, 2.45) is 5.73 Å². The van der Waals surface area contributed by atoms with Crippen LogP contribution >= 0.6 is 0 Å². The molecule has 1 unspecified atom stereocenters. The zero-order chi connectivity index (χ0) is 18.2. The Morgan fingerprint density at radius 1 is 1.08 bits per heavy atom. The van der Waals surface area contributed by atoms with Gasteiger partial charge in [-0.15, -0.1) is 0 Å². The van der Waals surface area contributed by atoms with E-state index in [1.165, 1.54) is 0 Å². The van der Waals surface area contributed by atoms with Gasteiger partial charge in [0.2, 0.25) is 5.91 Å². The van der Waals surface area contributed by atoms with Crippen LogP contribution in [-0.4, -0.2) is 36.7 Å². The Labute approximate surface area is 145 Å². The van der Waals surface area contributed by atoms with Crippen LogP contribution in [0, 0.1) is 0 Å². The van der Waals surface area contributed by atoms with Crippen LogP contribution < -0.4 is 20.5 Å². The van der Waals surface area contributed by atoms with E-state index < -0.39 is 24.5 Å². The molecule has 2 aromatic carbocycles. The van der Waals surface area contributed by atoms with Crippen LogP contribution in [0.25, 0.3) is 0 Å². The highest BCUT2D eigenvalue weighted by molar-refractivity contribution is 5.97. The average molecular weight is 344 g/mol.